The Hall–Kier alpha value is -3.03. The summed E-state index contributed by atoms with van der Waals surface area (Å²) in [5.74, 6) is -1.66. The molecule has 1 aliphatic rings. The number of ether oxygens (including phenoxy) is 1. The third-order valence-electron chi connectivity index (χ3n) is 4.58. The van der Waals surface area contributed by atoms with Crippen LogP contribution < -0.4 is 0 Å². The van der Waals surface area contributed by atoms with Crippen molar-refractivity contribution in [2.75, 3.05) is 26.4 Å². The number of benzene rings is 1. The number of amides is 1. The summed E-state index contributed by atoms with van der Waals surface area (Å²) in [4.78, 5) is 30.9. The first kappa shape index (κ1) is 19.7. The van der Waals surface area contributed by atoms with Crippen molar-refractivity contribution < 1.29 is 24.5 Å². The Bertz CT molecular complexity index is 877. The number of Topliss-reactive ketones (excluding diaryl/α,β-unsaturated/α-hetero) is 1. The number of carbonyl (C=O) groups excluding carboxylic acids is 2. The summed E-state index contributed by atoms with van der Waals surface area (Å²) in [5, 5.41) is 19.7. The summed E-state index contributed by atoms with van der Waals surface area (Å²) >= 11 is 0. The Labute approximate surface area is 162 Å². The van der Waals surface area contributed by atoms with Crippen LogP contribution in [0.1, 0.15) is 22.7 Å². The molecule has 0 spiro atoms. The third-order valence-corrected chi connectivity index (χ3v) is 4.58. The van der Waals surface area contributed by atoms with Gasteiger partial charge in [-0.2, -0.15) is 0 Å². The summed E-state index contributed by atoms with van der Waals surface area (Å²) in [5.41, 5.74) is 2.14. The summed E-state index contributed by atoms with van der Waals surface area (Å²) in [6.45, 7) is 2.25. The number of rotatable bonds is 7. The first-order valence-corrected chi connectivity index (χ1v) is 8.98. The van der Waals surface area contributed by atoms with Crippen molar-refractivity contribution in [3.05, 3.63) is 71.1 Å². The van der Waals surface area contributed by atoms with Crippen LogP contribution in [0.2, 0.25) is 0 Å². The van der Waals surface area contributed by atoms with Gasteiger partial charge in [-0.15, -0.1) is 0 Å². The van der Waals surface area contributed by atoms with E-state index in [1.165, 1.54) is 4.90 Å². The maximum Gasteiger partial charge on any atom is 0.295 e. The van der Waals surface area contributed by atoms with E-state index in [0.717, 1.165) is 5.56 Å². The number of ketones is 1. The fraction of sp³-hybridized carbons (Fsp3) is 0.286. The molecule has 3 rings (SSSR count). The predicted molar refractivity (Wildman–Crippen MR) is 102 cm³/mol. The zero-order valence-electron chi connectivity index (χ0n) is 15.5. The highest BCUT2D eigenvalue weighted by molar-refractivity contribution is 6.46. The van der Waals surface area contributed by atoms with Gasteiger partial charge in [-0.25, -0.2) is 0 Å². The lowest BCUT2D eigenvalue weighted by Crippen LogP contribution is -2.33. The Kier molecular flexibility index (Phi) is 6.18. The quantitative estimate of drug-likeness (QED) is 0.328. The van der Waals surface area contributed by atoms with Crippen LogP contribution in [0.3, 0.4) is 0 Å². The molecule has 1 aliphatic heterocycles. The molecule has 2 N–H and O–H groups in total. The van der Waals surface area contributed by atoms with Crippen molar-refractivity contribution in [2.45, 2.75) is 13.0 Å². The number of aliphatic hydroxyl groups excluding tert-OH is 2. The lowest BCUT2D eigenvalue weighted by atomic mass is 9.96. The van der Waals surface area contributed by atoms with Gasteiger partial charge in [-0.05, 0) is 18.6 Å². The third kappa shape index (κ3) is 3.95. The molecule has 0 radical (unpaired) electrons. The van der Waals surface area contributed by atoms with Gasteiger partial charge in [0.1, 0.15) is 5.76 Å². The molecular formula is C21H22N2O5. The maximum atomic E-state index is 12.8. The molecule has 1 fully saturated rings. The zero-order chi connectivity index (χ0) is 20.1. The van der Waals surface area contributed by atoms with E-state index in [0.29, 0.717) is 11.1 Å². The van der Waals surface area contributed by atoms with Gasteiger partial charge in [0, 0.05) is 24.5 Å². The van der Waals surface area contributed by atoms with Crippen LogP contribution in [0, 0.1) is 6.92 Å². The van der Waals surface area contributed by atoms with E-state index in [2.05, 4.69) is 4.98 Å². The molecule has 7 nitrogen and oxygen atoms in total. The van der Waals surface area contributed by atoms with Crippen LogP contribution in [0.15, 0.2) is 54.4 Å². The van der Waals surface area contributed by atoms with Crippen molar-refractivity contribution in [3.8, 4) is 0 Å². The van der Waals surface area contributed by atoms with Crippen LogP contribution in [-0.2, 0) is 14.3 Å². The molecule has 1 atom stereocenters. The molecule has 28 heavy (non-hydrogen) atoms. The normalized spacial score (nSPS) is 18.6. The Morgan fingerprint density at radius 1 is 1.18 bits per heavy atom. The van der Waals surface area contributed by atoms with Crippen molar-refractivity contribution in [1.82, 2.24) is 9.88 Å². The van der Waals surface area contributed by atoms with E-state index >= 15 is 0 Å². The minimum atomic E-state index is -0.757. The van der Waals surface area contributed by atoms with Crippen molar-refractivity contribution in [1.29, 1.82) is 0 Å². The number of pyridine rings is 1. The van der Waals surface area contributed by atoms with Crippen LogP contribution >= 0.6 is 0 Å². The van der Waals surface area contributed by atoms with Gasteiger partial charge in [0.15, 0.2) is 0 Å². The van der Waals surface area contributed by atoms with E-state index in [1.807, 2.05) is 19.1 Å². The minimum absolute atomic E-state index is 0.0315. The topological polar surface area (TPSA) is 100.0 Å². The average Bonchev–Trinajstić information content (AvgIpc) is 2.97. The molecule has 2 aromatic rings. The highest BCUT2D eigenvalue weighted by atomic mass is 16.5. The SMILES string of the molecule is Cc1ccc(/C(O)=C2\C(=O)C(=O)N(CCOCCO)C2c2cccnc2)cc1. The second-order valence-electron chi connectivity index (χ2n) is 6.48. The lowest BCUT2D eigenvalue weighted by Gasteiger charge is -2.24. The minimum Gasteiger partial charge on any atom is -0.507 e. The number of carbonyl (C=O) groups is 2. The predicted octanol–water partition coefficient (Wildman–Crippen LogP) is 1.82. The standard InChI is InChI=1S/C21H22N2O5/c1-14-4-6-15(7-5-14)19(25)17-18(16-3-2-8-22-13-16)23(21(27)20(17)26)9-11-28-12-10-24/h2-8,13,18,24-25H,9-12H2,1H3/b19-17+. The summed E-state index contributed by atoms with van der Waals surface area (Å²) in [6, 6.07) is 9.79. The van der Waals surface area contributed by atoms with Crippen molar-refractivity contribution in [2.24, 2.45) is 0 Å². The number of aromatic nitrogens is 1. The van der Waals surface area contributed by atoms with Crippen molar-refractivity contribution in [3.63, 3.8) is 0 Å². The summed E-state index contributed by atoms with van der Waals surface area (Å²) in [7, 11) is 0. The molecule has 7 heteroatoms. The molecule has 1 aromatic carbocycles. The van der Waals surface area contributed by atoms with E-state index in [4.69, 9.17) is 9.84 Å². The number of aliphatic hydroxyl groups is 2. The summed E-state index contributed by atoms with van der Waals surface area (Å²) in [6.07, 6.45) is 3.17. The van der Waals surface area contributed by atoms with Gasteiger partial charge in [0.25, 0.3) is 11.7 Å². The number of hydrogen-bond donors (Lipinski definition) is 2. The molecular weight excluding hydrogens is 360 g/mol. The smallest absolute Gasteiger partial charge is 0.295 e. The summed E-state index contributed by atoms with van der Waals surface area (Å²) < 4.78 is 5.26. The van der Waals surface area contributed by atoms with Gasteiger partial charge in [0.2, 0.25) is 0 Å². The Morgan fingerprint density at radius 3 is 2.57 bits per heavy atom. The number of likely N-dealkylation sites (tertiary alicyclic amines) is 1. The van der Waals surface area contributed by atoms with Gasteiger partial charge < -0.3 is 19.8 Å². The molecule has 1 saturated heterocycles. The molecule has 2 heterocycles. The highest BCUT2D eigenvalue weighted by Crippen LogP contribution is 2.38. The molecule has 0 aliphatic carbocycles. The monoisotopic (exact) mass is 382 g/mol. The van der Waals surface area contributed by atoms with Gasteiger partial charge in [0.05, 0.1) is 31.4 Å². The lowest BCUT2D eigenvalue weighted by molar-refractivity contribution is -0.140. The maximum absolute atomic E-state index is 12.8. The highest BCUT2D eigenvalue weighted by Gasteiger charge is 2.45. The second kappa shape index (κ2) is 8.77. The van der Waals surface area contributed by atoms with E-state index < -0.39 is 17.7 Å². The van der Waals surface area contributed by atoms with Gasteiger partial charge >= 0.3 is 0 Å². The fourth-order valence-electron chi connectivity index (χ4n) is 3.19. The first-order chi connectivity index (χ1) is 13.5. The molecule has 0 saturated carbocycles. The largest absolute Gasteiger partial charge is 0.507 e. The Balaban J connectivity index is 2.03. The number of nitrogens with zero attached hydrogens (tertiary/aromatic N) is 2. The molecule has 0 bridgehead atoms. The zero-order valence-corrected chi connectivity index (χ0v) is 15.5. The van der Waals surface area contributed by atoms with Gasteiger partial charge in [-0.3, -0.25) is 14.6 Å². The van der Waals surface area contributed by atoms with E-state index in [9.17, 15) is 14.7 Å². The Morgan fingerprint density at radius 2 is 1.93 bits per heavy atom. The molecule has 1 unspecified atom stereocenters. The van der Waals surface area contributed by atoms with Crippen LogP contribution in [-0.4, -0.2) is 58.2 Å². The van der Waals surface area contributed by atoms with E-state index in [-0.39, 0.29) is 37.7 Å². The van der Waals surface area contributed by atoms with E-state index in [1.54, 1.807) is 36.7 Å². The molecule has 1 amide bonds. The number of hydrogen-bond acceptors (Lipinski definition) is 6. The molecule has 146 valence electrons. The average molecular weight is 382 g/mol. The molecule has 1 aromatic heterocycles. The first-order valence-electron chi connectivity index (χ1n) is 8.98. The fourth-order valence-corrected chi connectivity index (χ4v) is 3.19. The second-order valence-corrected chi connectivity index (χ2v) is 6.48. The number of aryl methyl sites for hydroxylation is 1. The van der Waals surface area contributed by atoms with Crippen molar-refractivity contribution >= 4 is 17.4 Å². The van der Waals surface area contributed by atoms with Gasteiger partial charge in [-0.1, -0.05) is 35.9 Å². The van der Waals surface area contributed by atoms with Crippen LogP contribution in [0.25, 0.3) is 5.76 Å². The van der Waals surface area contributed by atoms with Crippen LogP contribution in [0.4, 0.5) is 0 Å². The van der Waals surface area contributed by atoms with Crippen LogP contribution in [0.5, 0.6) is 0 Å².